The highest BCUT2D eigenvalue weighted by Crippen LogP contribution is 2.37. The number of nitrogens with two attached hydrogens (primary N) is 1. The molecule has 21 heavy (non-hydrogen) atoms. The van der Waals surface area contributed by atoms with Crippen LogP contribution in [-0.2, 0) is 6.42 Å². The molecule has 0 saturated carbocycles. The van der Waals surface area contributed by atoms with Crippen molar-refractivity contribution in [2.75, 3.05) is 7.11 Å². The Morgan fingerprint density at radius 2 is 1.81 bits per heavy atom. The molecule has 2 aromatic carbocycles. The molecule has 1 unspecified atom stereocenters. The maximum absolute atomic E-state index is 6.29. The Kier molecular flexibility index (Phi) is 5.48. The van der Waals surface area contributed by atoms with Crippen LogP contribution in [0.25, 0.3) is 0 Å². The number of benzene rings is 2. The maximum atomic E-state index is 6.29. The molecule has 0 aliphatic heterocycles. The van der Waals surface area contributed by atoms with Crippen molar-refractivity contribution in [3.8, 4) is 17.2 Å². The smallest absolute Gasteiger partial charge is 0.169 e. The zero-order chi connectivity index (χ0) is 15.2. The van der Waals surface area contributed by atoms with Gasteiger partial charge in [0.15, 0.2) is 11.5 Å². The fourth-order valence-electron chi connectivity index (χ4n) is 2.07. The first-order valence-corrected chi connectivity index (χ1v) is 7.37. The molecule has 4 heteroatoms. The van der Waals surface area contributed by atoms with Gasteiger partial charge in [-0.15, -0.1) is 0 Å². The molecule has 0 saturated heterocycles. The van der Waals surface area contributed by atoms with E-state index in [0.29, 0.717) is 22.3 Å². The first-order valence-electron chi connectivity index (χ1n) is 6.99. The highest BCUT2D eigenvalue weighted by atomic mass is 35.5. The van der Waals surface area contributed by atoms with Crippen LogP contribution < -0.4 is 15.2 Å². The van der Waals surface area contributed by atoms with Crippen LogP contribution >= 0.6 is 11.6 Å². The van der Waals surface area contributed by atoms with Crippen LogP contribution in [0.2, 0.25) is 5.02 Å². The molecule has 2 aromatic rings. The first-order chi connectivity index (χ1) is 10.2. The van der Waals surface area contributed by atoms with E-state index in [-0.39, 0.29) is 6.04 Å². The van der Waals surface area contributed by atoms with E-state index in [1.54, 1.807) is 7.11 Å². The van der Waals surface area contributed by atoms with Crippen LogP contribution in [0.3, 0.4) is 0 Å². The fraction of sp³-hybridized carbons (Fsp3) is 0.294. The minimum absolute atomic E-state index is 0.0866. The summed E-state index contributed by atoms with van der Waals surface area (Å²) in [6.45, 7) is 2.07. The second-order valence-electron chi connectivity index (χ2n) is 4.85. The van der Waals surface area contributed by atoms with Gasteiger partial charge in [-0.05, 0) is 36.6 Å². The third-order valence-corrected chi connectivity index (χ3v) is 3.63. The molecular formula is C17H20ClNO2. The lowest BCUT2D eigenvalue weighted by molar-refractivity contribution is 0.377. The average Bonchev–Trinajstić information content (AvgIpc) is 2.51. The summed E-state index contributed by atoms with van der Waals surface area (Å²) < 4.78 is 11.3. The molecule has 0 amide bonds. The Balaban J connectivity index is 2.34. The van der Waals surface area contributed by atoms with E-state index in [4.69, 9.17) is 26.8 Å². The number of para-hydroxylation sites is 3. The summed E-state index contributed by atoms with van der Waals surface area (Å²) >= 11 is 6.29. The molecule has 0 heterocycles. The highest BCUT2D eigenvalue weighted by molar-refractivity contribution is 6.32. The molecule has 1 atom stereocenters. The minimum atomic E-state index is 0.0866. The molecule has 0 aliphatic rings. The third kappa shape index (κ3) is 3.90. The van der Waals surface area contributed by atoms with Gasteiger partial charge in [0.1, 0.15) is 5.75 Å². The largest absolute Gasteiger partial charge is 0.493 e. The number of hydrogen-bond donors (Lipinski definition) is 1. The molecule has 0 fully saturated rings. The van der Waals surface area contributed by atoms with Gasteiger partial charge in [0, 0.05) is 6.04 Å². The van der Waals surface area contributed by atoms with Gasteiger partial charge in [-0.25, -0.2) is 0 Å². The number of halogens is 1. The Morgan fingerprint density at radius 1 is 1.10 bits per heavy atom. The van der Waals surface area contributed by atoms with Crippen LogP contribution in [0.5, 0.6) is 17.2 Å². The van der Waals surface area contributed by atoms with Gasteiger partial charge in [-0.2, -0.15) is 0 Å². The molecule has 0 aromatic heterocycles. The topological polar surface area (TPSA) is 44.5 Å². The van der Waals surface area contributed by atoms with Gasteiger partial charge in [0.2, 0.25) is 0 Å². The van der Waals surface area contributed by atoms with E-state index in [1.807, 2.05) is 42.5 Å². The summed E-state index contributed by atoms with van der Waals surface area (Å²) in [6, 6.07) is 13.3. The van der Waals surface area contributed by atoms with Gasteiger partial charge >= 0.3 is 0 Å². The van der Waals surface area contributed by atoms with Crippen LogP contribution in [-0.4, -0.2) is 13.2 Å². The molecule has 3 nitrogen and oxygen atoms in total. The lowest BCUT2D eigenvalue weighted by atomic mass is 10.0. The van der Waals surface area contributed by atoms with Crippen LogP contribution in [0.4, 0.5) is 0 Å². The molecule has 0 bridgehead atoms. The van der Waals surface area contributed by atoms with Crippen molar-refractivity contribution < 1.29 is 9.47 Å². The van der Waals surface area contributed by atoms with E-state index in [0.717, 1.165) is 18.4 Å². The van der Waals surface area contributed by atoms with Crippen molar-refractivity contribution >= 4 is 11.6 Å². The normalized spacial score (nSPS) is 12.0. The van der Waals surface area contributed by atoms with Gasteiger partial charge < -0.3 is 15.2 Å². The van der Waals surface area contributed by atoms with Crippen LogP contribution in [0, 0.1) is 0 Å². The van der Waals surface area contributed by atoms with E-state index in [1.165, 1.54) is 0 Å². The lowest BCUT2D eigenvalue weighted by Crippen LogP contribution is -2.21. The fourth-order valence-corrected chi connectivity index (χ4v) is 2.30. The summed E-state index contributed by atoms with van der Waals surface area (Å²) in [5, 5.41) is 0.571. The van der Waals surface area contributed by atoms with E-state index in [9.17, 15) is 0 Å². The van der Waals surface area contributed by atoms with Crippen LogP contribution in [0.15, 0.2) is 42.5 Å². The Bertz CT molecular complexity index is 601. The number of rotatable bonds is 6. The predicted molar refractivity (Wildman–Crippen MR) is 86.5 cm³/mol. The van der Waals surface area contributed by atoms with Gasteiger partial charge in [0.05, 0.1) is 12.1 Å². The first kappa shape index (κ1) is 15.7. The SMILES string of the molecule is CCC(N)Cc1cccc(Cl)c1Oc1ccccc1OC. The second kappa shape index (κ2) is 7.34. The Hall–Kier alpha value is -1.71. The zero-order valence-electron chi connectivity index (χ0n) is 12.3. The maximum Gasteiger partial charge on any atom is 0.169 e. The highest BCUT2D eigenvalue weighted by Gasteiger charge is 2.14. The van der Waals surface area contributed by atoms with E-state index < -0.39 is 0 Å². The zero-order valence-corrected chi connectivity index (χ0v) is 13.1. The molecular weight excluding hydrogens is 286 g/mol. The summed E-state index contributed by atoms with van der Waals surface area (Å²) in [4.78, 5) is 0. The Morgan fingerprint density at radius 3 is 2.48 bits per heavy atom. The van der Waals surface area contributed by atoms with Crippen molar-refractivity contribution in [1.29, 1.82) is 0 Å². The minimum Gasteiger partial charge on any atom is -0.493 e. The van der Waals surface area contributed by atoms with Crippen molar-refractivity contribution in [3.05, 3.63) is 53.1 Å². The van der Waals surface area contributed by atoms with Crippen molar-refractivity contribution in [3.63, 3.8) is 0 Å². The Labute approximate surface area is 130 Å². The van der Waals surface area contributed by atoms with E-state index in [2.05, 4.69) is 6.92 Å². The average molecular weight is 306 g/mol. The quantitative estimate of drug-likeness (QED) is 0.859. The monoisotopic (exact) mass is 305 g/mol. The van der Waals surface area contributed by atoms with Crippen molar-refractivity contribution in [2.45, 2.75) is 25.8 Å². The van der Waals surface area contributed by atoms with Crippen molar-refractivity contribution in [1.82, 2.24) is 0 Å². The number of methoxy groups -OCH3 is 1. The second-order valence-corrected chi connectivity index (χ2v) is 5.26. The molecule has 2 N–H and O–H groups in total. The summed E-state index contributed by atoms with van der Waals surface area (Å²) in [5.74, 6) is 1.95. The standard InChI is InChI=1S/C17H20ClNO2/c1-3-13(19)11-12-7-6-8-14(18)17(12)21-16-10-5-4-9-15(16)20-2/h4-10,13H,3,11,19H2,1-2H3. The summed E-state index contributed by atoms with van der Waals surface area (Å²) in [5.41, 5.74) is 7.05. The molecule has 112 valence electrons. The van der Waals surface area contributed by atoms with Gasteiger partial charge in [0.25, 0.3) is 0 Å². The molecule has 0 spiro atoms. The molecule has 0 aliphatic carbocycles. The summed E-state index contributed by atoms with van der Waals surface area (Å²) in [7, 11) is 1.61. The molecule has 2 rings (SSSR count). The number of hydrogen-bond acceptors (Lipinski definition) is 3. The van der Waals surface area contributed by atoms with Gasteiger partial charge in [-0.1, -0.05) is 42.8 Å². The summed E-state index contributed by atoms with van der Waals surface area (Å²) in [6.07, 6.45) is 1.63. The lowest BCUT2D eigenvalue weighted by Gasteiger charge is -2.16. The third-order valence-electron chi connectivity index (χ3n) is 3.34. The van der Waals surface area contributed by atoms with E-state index >= 15 is 0 Å². The van der Waals surface area contributed by atoms with Gasteiger partial charge in [-0.3, -0.25) is 0 Å². The van der Waals surface area contributed by atoms with Crippen molar-refractivity contribution in [2.24, 2.45) is 5.73 Å². The van der Waals surface area contributed by atoms with Crippen LogP contribution in [0.1, 0.15) is 18.9 Å². The number of ether oxygens (including phenoxy) is 2. The molecule has 0 radical (unpaired) electrons. The predicted octanol–water partition coefficient (Wildman–Crippen LogP) is 4.42.